The highest BCUT2D eigenvalue weighted by Gasteiger charge is 2.25. The smallest absolute Gasteiger partial charge is 0.259 e. The van der Waals surface area contributed by atoms with Crippen molar-refractivity contribution in [2.24, 2.45) is 0 Å². The van der Waals surface area contributed by atoms with Crippen LogP contribution in [-0.4, -0.2) is 75.2 Å². The maximum Gasteiger partial charge on any atom is 0.259 e. The Balaban J connectivity index is 1.32. The number of piperazine rings is 1. The fraction of sp³-hybridized carbons (Fsp3) is 0.458. The zero-order valence-electron chi connectivity index (χ0n) is 17.8. The number of benzene rings is 2. The molecule has 1 N–H and O–H groups in total. The van der Waals surface area contributed by atoms with Gasteiger partial charge < -0.3 is 19.9 Å². The van der Waals surface area contributed by atoms with Gasteiger partial charge in [0.1, 0.15) is 11.3 Å². The Kier molecular flexibility index (Phi) is 6.74. The van der Waals surface area contributed by atoms with E-state index in [-0.39, 0.29) is 5.91 Å². The summed E-state index contributed by atoms with van der Waals surface area (Å²) < 4.78 is 5.51. The monoisotopic (exact) mass is 408 g/mol. The van der Waals surface area contributed by atoms with Gasteiger partial charge in [0.2, 0.25) is 0 Å². The number of nitrogens with one attached hydrogen (secondary N) is 1. The lowest BCUT2D eigenvalue weighted by Gasteiger charge is -2.36. The average Bonchev–Trinajstić information content (AvgIpc) is 3.34. The van der Waals surface area contributed by atoms with E-state index in [9.17, 15) is 4.79 Å². The SMILES string of the molecule is COc1cccc(NCCN2CCN(c3ccccc3)CC2)c1C(=O)N1CCCC1. The Morgan fingerprint density at radius 3 is 2.37 bits per heavy atom. The van der Waals surface area contributed by atoms with Gasteiger partial charge in [-0.15, -0.1) is 0 Å². The first-order valence-corrected chi connectivity index (χ1v) is 11.0. The lowest BCUT2D eigenvalue weighted by molar-refractivity contribution is 0.0790. The summed E-state index contributed by atoms with van der Waals surface area (Å²) in [6.07, 6.45) is 2.16. The molecule has 0 aromatic heterocycles. The second kappa shape index (κ2) is 9.85. The Bertz CT molecular complexity index is 828. The molecule has 6 nitrogen and oxygen atoms in total. The van der Waals surface area contributed by atoms with E-state index in [1.54, 1.807) is 7.11 Å². The van der Waals surface area contributed by atoms with Gasteiger partial charge in [0.25, 0.3) is 5.91 Å². The van der Waals surface area contributed by atoms with Crippen LogP contribution in [0.2, 0.25) is 0 Å². The summed E-state index contributed by atoms with van der Waals surface area (Å²) in [6, 6.07) is 16.4. The lowest BCUT2D eigenvalue weighted by Crippen LogP contribution is -2.47. The molecular formula is C24H32N4O2. The van der Waals surface area contributed by atoms with Crippen molar-refractivity contribution < 1.29 is 9.53 Å². The van der Waals surface area contributed by atoms with E-state index in [1.807, 2.05) is 23.1 Å². The van der Waals surface area contributed by atoms with Crippen molar-refractivity contribution in [3.63, 3.8) is 0 Å². The molecule has 0 spiro atoms. The fourth-order valence-corrected chi connectivity index (χ4v) is 4.36. The minimum absolute atomic E-state index is 0.0731. The number of hydrogen-bond donors (Lipinski definition) is 1. The highest BCUT2D eigenvalue weighted by molar-refractivity contribution is 6.02. The number of carbonyl (C=O) groups excluding carboxylic acids is 1. The molecule has 1 amide bonds. The van der Waals surface area contributed by atoms with Gasteiger partial charge in [-0.25, -0.2) is 0 Å². The fourth-order valence-electron chi connectivity index (χ4n) is 4.36. The van der Waals surface area contributed by atoms with E-state index in [4.69, 9.17) is 4.74 Å². The quantitative estimate of drug-likeness (QED) is 0.763. The third kappa shape index (κ3) is 4.70. The molecule has 6 heteroatoms. The van der Waals surface area contributed by atoms with Crippen LogP contribution in [0.4, 0.5) is 11.4 Å². The van der Waals surface area contributed by atoms with E-state index in [1.165, 1.54) is 5.69 Å². The van der Waals surface area contributed by atoms with Crippen LogP contribution in [-0.2, 0) is 0 Å². The Labute approximate surface area is 179 Å². The van der Waals surface area contributed by atoms with E-state index < -0.39 is 0 Å². The van der Waals surface area contributed by atoms with Crippen molar-refractivity contribution in [1.82, 2.24) is 9.80 Å². The van der Waals surface area contributed by atoms with Crippen LogP contribution < -0.4 is 15.0 Å². The van der Waals surface area contributed by atoms with E-state index in [2.05, 4.69) is 45.4 Å². The summed E-state index contributed by atoms with van der Waals surface area (Å²) in [5.74, 6) is 0.720. The van der Waals surface area contributed by atoms with Crippen molar-refractivity contribution in [2.45, 2.75) is 12.8 Å². The van der Waals surface area contributed by atoms with Crippen LogP contribution >= 0.6 is 0 Å². The van der Waals surface area contributed by atoms with Crippen LogP contribution in [0.5, 0.6) is 5.75 Å². The summed E-state index contributed by atoms with van der Waals surface area (Å²) >= 11 is 0. The minimum Gasteiger partial charge on any atom is -0.496 e. The second-order valence-electron chi connectivity index (χ2n) is 7.97. The largest absolute Gasteiger partial charge is 0.496 e. The molecular weight excluding hydrogens is 376 g/mol. The van der Waals surface area contributed by atoms with E-state index in [0.717, 1.165) is 70.9 Å². The van der Waals surface area contributed by atoms with Crippen molar-refractivity contribution in [1.29, 1.82) is 0 Å². The first-order chi connectivity index (χ1) is 14.8. The van der Waals surface area contributed by atoms with Gasteiger partial charge in [-0.3, -0.25) is 9.69 Å². The molecule has 0 atom stereocenters. The molecule has 160 valence electrons. The van der Waals surface area contributed by atoms with Crippen LogP contribution in [0.3, 0.4) is 0 Å². The number of para-hydroxylation sites is 1. The van der Waals surface area contributed by atoms with Crippen molar-refractivity contribution in [2.75, 3.05) is 69.7 Å². The van der Waals surface area contributed by atoms with Crippen molar-refractivity contribution in [3.05, 3.63) is 54.1 Å². The first kappa shape index (κ1) is 20.5. The minimum atomic E-state index is 0.0731. The predicted molar refractivity (Wildman–Crippen MR) is 122 cm³/mol. The summed E-state index contributed by atoms with van der Waals surface area (Å²) in [7, 11) is 1.63. The summed E-state index contributed by atoms with van der Waals surface area (Å²) in [5, 5.41) is 3.50. The second-order valence-corrected chi connectivity index (χ2v) is 7.97. The zero-order valence-corrected chi connectivity index (χ0v) is 17.8. The van der Waals surface area contributed by atoms with Crippen molar-refractivity contribution in [3.8, 4) is 5.75 Å². The van der Waals surface area contributed by atoms with Crippen LogP contribution in [0.25, 0.3) is 0 Å². The number of likely N-dealkylation sites (tertiary alicyclic amines) is 1. The van der Waals surface area contributed by atoms with Crippen molar-refractivity contribution >= 4 is 17.3 Å². The Morgan fingerprint density at radius 1 is 0.933 bits per heavy atom. The topological polar surface area (TPSA) is 48.1 Å². The van der Waals surface area contributed by atoms with E-state index in [0.29, 0.717) is 11.3 Å². The number of carbonyl (C=O) groups is 1. The normalized spacial score (nSPS) is 17.2. The van der Waals surface area contributed by atoms with Gasteiger partial charge in [-0.2, -0.15) is 0 Å². The average molecular weight is 409 g/mol. The molecule has 0 unspecified atom stereocenters. The number of ether oxygens (including phenoxy) is 1. The molecule has 2 aromatic rings. The molecule has 4 rings (SSSR count). The number of nitrogens with zero attached hydrogens (tertiary/aromatic N) is 3. The molecule has 2 aromatic carbocycles. The van der Waals surface area contributed by atoms with Gasteiger partial charge in [-0.1, -0.05) is 24.3 Å². The standard InChI is InChI=1S/C24H32N4O2/c1-30-22-11-7-10-21(23(22)24(29)28-13-5-6-14-28)25-12-15-26-16-18-27(19-17-26)20-8-3-2-4-9-20/h2-4,7-11,25H,5-6,12-19H2,1H3. The molecule has 2 fully saturated rings. The molecule has 2 aliphatic rings. The highest BCUT2D eigenvalue weighted by atomic mass is 16.5. The van der Waals surface area contributed by atoms with Gasteiger partial charge in [0.15, 0.2) is 0 Å². The van der Waals surface area contributed by atoms with Crippen LogP contribution in [0.1, 0.15) is 23.2 Å². The maximum absolute atomic E-state index is 13.1. The summed E-state index contributed by atoms with van der Waals surface area (Å²) in [5.41, 5.74) is 2.83. The van der Waals surface area contributed by atoms with Crippen LogP contribution in [0.15, 0.2) is 48.5 Å². The molecule has 2 heterocycles. The maximum atomic E-state index is 13.1. The number of hydrogen-bond acceptors (Lipinski definition) is 5. The highest BCUT2D eigenvalue weighted by Crippen LogP contribution is 2.29. The number of methoxy groups -OCH3 is 1. The van der Waals surface area contributed by atoms with Gasteiger partial charge in [0.05, 0.1) is 12.8 Å². The molecule has 0 aliphatic carbocycles. The summed E-state index contributed by atoms with van der Waals surface area (Å²) in [4.78, 5) is 19.9. The van der Waals surface area contributed by atoms with Gasteiger partial charge in [-0.05, 0) is 37.1 Å². The van der Waals surface area contributed by atoms with E-state index >= 15 is 0 Å². The number of anilines is 2. The number of amides is 1. The third-order valence-corrected chi connectivity index (χ3v) is 6.09. The van der Waals surface area contributed by atoms with Crippen LogP contribution in [0, 0.1) is 0 Å². The molecule has 2 aliphatic heterocycles. The lowest BCUT2D eigenvalue weighted by atomic mass is 10.1. The molecule has 2 saturated heterocycles. The summed E-state index contributed by atoms with van der Waals surface area (Å²) in [6.45, 7) is 7.62. The Morgan fingerprint density at radius 2 is 1.67 bits per heavy atom. The molecule has 0 radical (unpaired) electrons. The number of rotatable bonds is 7. The first-order valence-electron chi connectivity index (χ1n) is 11.0. The molecule has 30 heavy (non-hydrogen) atoms. The molecule has 0 bridgehead atoms. The zero-order chi connectivity index (χ0) is 20.8. The third-order valence-electron chi connectivity index (χ3n) is 6.09. The van der Waals surface area contributed by atoms with Gasteiger partial charge in [0, 0.05) is 58.0 Å². The predicted octanol–water partition coefficient (Wildman–Crippen LogP) is 3.17. The van der Waals surface area contributed by atoms with Gasteiger partial charge >= 0.3 is 0 Å². The Hall–Kier alpha value is -2.73. The molecule has 0 saturated carbocycles.